The molecule has 0 aliphatic heterocycles. The van der Waals surface area contributed by atoms with Gasteiger partial charge in [0.2, 0.25) is 0 Å². The number of esters is 1. The predicted octanol–water partition coefficient (Wildman–Crippen LogP) is 4.21. The van der Waals surface area contributed by atoms with Crippen molar-refractivity contribution in [3.8, 4) is 0 Å². The maximum atomic E-state index is 13.1. The monoisotopic (exact) mass is 533 g/mol. The summed E-state index contributed by atoms with van der Waals surface area (Å²) >= 11 is 7.24. The van der Waals surface area contributed by atoms with Crippen molar-refractivity contribution < 1.29 is 27.1 Å². The third-order valence-corrected chi connectivity index (χ3v) is 7.52. The summed E-state index contributed by atoms with van der Waals surface area (Å²) in [4.78, 5) is 29.2. The molecule has 0 spiro atoms. The molecule has 0 unspecified atom stereocenters. The SMILES string of the molecule is COC(=O)Cn1c(=NC(=O)c2cccc(NS(=O)(=O)c3ccc(F)cc3)c2)sc2cc(Cl)ccc21. The van der Waals surface area contributed by atoms with E-state index in [9.17, 15) is 22.4 Å². The standard InChI is InChI=1S/C23H17ClFN3O5S2/c1-33-21(29)13-28-19-10-5-15(24)12-20(19)34-23(28)26-22(30)14-3-2-4-17(11-14)27-35(31,32)18-8-6-16(25)7-9-18/h2-12,27H,13H2,1H3. The summed E-state index contributed by atoms with van der Waals surface area (Å²) in [6, 6.07) is 15.2. The Labute approximate surface area is 208 Å². The molecule has 8 nitrogen and oxygen atoms in total. The molecule has 12 heteroatoms. The van der Waals surface area contributed by atoms with Crippen LogP contribution in [0, 0.1) is 5.82 Å². The van der Waals surface area contributed by atoms with Gasteiger partial charge < -0.3 is 9.30 Å². The highest BCUT2D eigenvalue weighted by Gasteiger charge is 2.16. The molecule has 0 bridgehead atoms. The van der Waals surface area contributed by atoms with E-state index in [2.05, 4.69) is 9.71 Å². The quantitative estimate of drug-likeness (QED) is 0.374. The number of hydrogen-bond donors (Lipinski definition) is 1. The first-order valence-corrected chi connectivity index (χ1v) is 12.7. The lowest BCUT2D eigenvalue weighted by atomic mass is 10.2. The average molecular weight is 534 g/mol. The molecule has 1 aromatic heterocycles. The summed E-state index contributed by atoms with van der Waals surface area (Å²) in [6.07, 6.45) is 0. The number of carbonyl (C=O) groups is 2. The number of hydrogen-bond acceptors (Lipinski definition) is 6. The largest absolute Gasteiger partial charge is 0.468 e. The number of anilines is 1. The second kappa shape index (κ2) is 9.98. The maximum absolute atomic E-state index is 13.1. The number of nitrogens with one attached hydrogen (secondary N) is 1. The highest BCUT2D eigenvalue weighted by atomic mass is 35.5. The predicted molar refractivity (Wildman–Crippen MR) is 130 cm³/mol. The van der Waals surface area contributed by atoms with Crippen molar-refractivity contribution in [2.24, 2.45) is 4.99 Å². The number of aromatic nitrogens is 1. The van der Waals surface area contributed by atoms with E-state index in [0.29, 0.717) is 15.2 Å². The van der Waals surface area contributed by atoms with E-state index >= 15 is 0 Å². The Kier molecular flexibility index (Phi) is 7.01. The summed E-state index contributed by atoms with van der Waals surface area (Å²) in [7, 11) is -2.74. The van der Waals surface area contributed by atoms with Crippen LogP contribution in [0.2, 0.25) is 5.02 Å². The van der Waals surface area contributed by atoms with Gasteiger partial charge in [0.15, 0.2) is 4.80 Å². The van der Waals surface area contributed by atoms with Crippen LogP contribution in [0.3, 0.4) is 0 Å². The van der Waals surface area contributed by atoms with Gasteiger partial charge in [0.05, 0.1) is 22.2 Å². The molecule has 4 aromatic rings. The second-order valence-corrected chi connectivity index (χ2v) is 10.3. The molecule has 35 heavy (non-hydrogen) atoms. The van der Waals surface area contributed by atoms with Gasteiger partial charge in [-0.15, -0.1) is 0 Å². The summed E-state index contributed by atoms with van der Waals surface area (Å²) in [5.41, 5.74) is 0.891. The van der Waals surface area contributed by atoms with Crippen molar-refractivity contribution in [2.75, 3.05) is 11.8 Å². The number of carbonyl (C=O) groups excluding carboxylic acids is 2. The Bertz CT molecular complexity index is 1610. The zero-order valence-corrected chi connectivity index (χ0v) is 20.5. The van der Waals surface area contributed by atoms with Crippen molar-refractivity contribution >= 4 is 60.7 Å². The number of methoxy groups -OCH3 is 1. The van der Waals surface area contributed by atoms with Crippen molar-refractivity contribution in [1.82, 2.24) is 4.57 Å². The van der Waals surface area contributed by atoms with Gasteiger partial charge in [-0.05, 0) is 60.7 Å². The van der Waals surface area contributed by atoms with E-state index < -0.39 is 27.7 Å². The Morgan fingerprint density at radius 1 is 1.11 bits per heavy atom. The molecule has 3 aromatic carbocycles. The van der Waals surface area contributed by atoms with Gasteiger partial charge in [-0.1, -0.05) is 29.0 Å². The van der Waals surface area contributed by atoms with Gasteiger partial charge in [-0.25, -0.2) is 12.8 Å². The van der Waals surface area contributed by atoms with Gasteiger partial charge in [-0.3, -0.25) is 14.3 Å². The smallest absolute Gasteiger partial charge is 0.325 e. The van der Waals surface area contributed by atoms with Gasteiger partial charge in [0.1, 0.15) is 12.4 Å². The molecule has 4 rings (SSSR count). The van der Waals surface area contributed by atoms with E-state index in [1.807, 2.05) is 0 Å². The van der Waals surface area contributed by atoms with E-state index in [1.165, 1.54) is 42.7 Å². The van der Waals surface area contributed by atoms with Gasteiger partial charge in [0, 0.05) is 16.3 Å². The number of benzene rings is 3. The molecule has 0 atom stereocenters. The fourth-order valence-corrected chi connectivity index (χ4v) is 5.53. The fraction of sp³-hybridized carbons (Fsp3) is 0.0870. The van der Waals surface area contributed by atoms with Crippen LogP contribution in [0.4, 0.5) is 10.1 Å². The van der Waals surface area contributed by atoms with Crippen LogP contribution >= 0.6 is 22.9 Å². The zero-order valence-electron chi connectivity index (χ0n) is 18.1. The molecule has 1 N–H and O–H groups in total. The lowest BCUT2D eigenvalue weighted by molar-refractivity contribution is -0.141. The number of nitrogens with zero attached hydrogens (tertiary/aromatic N) is 2. The number of ether oxygens (including phenoxy) is 1. The van der Waals surface area contributed by atoms with Crippen LogP contribution < -0.4 is 9.52 Å². The van der Waals surface area contributed by atoms with Crippen molar-refractivity contribution in [1.29, 1.82) is 0 Å². The minimum atomic E-state index is -4.00. The number of halogens is 2. The average Bonchev–Trinajstić information content (AvgIpc) is 3.14. The summed E-state index contributed by atoms with van der Waals surface area (Å²) in [5, 5.41) is 0.489. The highest BCUT2D eigenvalue weighted by Crippen LogP contribution is 2.22. The van der Waals surface area contributed by atoms with E-state index in [4.69, 9.17) is 16.3 Å². The molecule has 180 valence electrons. The van der Waals surface area contributed by atoms with Crippen molar-refractivity contribution in [2.45, 2.75) is 11.4 Å². The summed E-state index contributed by atoms with van der Waals surface area (Å²) in [5.74, 6) is -1.74. The first-order chi connectivity index (χ1) is 16.7. The lowest BCUT2D eigenvalue weighted by Gasteiger charge is -2.09. The third-order valence-electron chi connectivity index (χ3n) is 4.84. The van der Waals surface area contributed by atoms with Crippen LogP contribution in [0.1, 0.15) is 10.4 Å². The van der Waals surface area contributed by atoms with Crippen LogP contribution in [0.25, 0.3) is 10.2 Å². The Balaban J connectivity index is 1.68. The molecule has 0 aliphatic carbocycles. The summed E-state index contributed by atoms with van der Waals surface area (Å²) < 4.78 is 47.7. The molecule has 0 radical (unpaired) electrons. The topological polar surface area (TPSA) is 107 Å². The second-order valence-electron chi connectivity index (χ2n) is 7.22. The van der Waals surface area contributed by atoms with Gasteiger partial charge in [0.25, 0.3) is 15.9 Å². The molecule has 1 amide bonds. The molecule has 0 saturated heterocycles. The van der Waals surface area contributed by atoms with E-state index in [0.717, 1.165) is 24.3 Å². The normalized spacial score (nSPS) is 12.0. The first kappa shape index (κ1) is 24.6. The van der Waals surface area contributed by atoms with Crippen LogP contribution in [0.15, 0.2) is 76.6 Å². The van der Waals surface area contributed by atoms with E-state index in [1.54, 1.807) is 22.8 Å². The number of thiazole rings is 1. The van der Waals surface area contributed by atoms with Crippen LogP contribution in [0.5, 0.6) is 0 Å². The molecule has 0 aliphatic rings. The van der Waals surface area contributed by atoms with Crippen molar-refractivity contribution in [3.05, 3.63) is 87.9 Å². The van der Waals surface area contributed by atoms with Crippen molar-refractivity contribution in [3.63, 3.8) is 0 Å². The number of fused-ring (bicyclic) bond motifs is 1. The summed E-state index contributed by atoms with van der Waals surface area (Å²) in [6.45, 7) is -0.165. The number of sulfonamides is 1. The number of amides is 1. The zero-order chi connectivity index (χ0) is 25.2. The van der Waals surface area contributed by atoms with Gasteiger partial charge >= 0.3 is 5.97 Å². The molecule has 1 heterocycles. The molecular weight excluding hydrogens is 517 g/mol. The Morgan fingerprint density at radius 3 is 2.57 bits per heavy atom. The molecule has 0 fully saturated rings. The molecular formula is C23H17ClFN3O5S2. The maximum Gasteiger partial charge on any atom is 0.325 e. The first-order valence-electron chi connectivity index (χ1n) is 9.99. The van der Waals surface area contributed by atoms with E-state index in [-0.39, 0.29) is 27.5 Å². The van der Waals surface area contributed by atoms with Gasteiger partial charge in [-0.2, -0.15) is 4.99 Å². The minimum absolute atomic E-state index is 0.115. The fourth-order valence-electron chi connectivity index (χ4n) is 3.17. The third kappa shape index (κ3) is 5.59. The molecule has 0 saturated carbocycles. The Hall–Kier alpha value is -3.54. The van der Waals surface area contributed by atoms with Crippen LogP contribution in [-0.2, 0) is 26.1 Å². The van der Waals surface area contributed by atoms with Crippen LogP contribution in [-0.4, -0.2) is 32.0 Å². The number of rotatable bonds is 6. The minimum Gasteiger partial charge on any atom is -0.468 e. The Morgan fingerprint density at radius 2 is 1.86 bits per heavy atom. The highest BCUT2D eigenvalue weighted by molar-refractivity contribution is 7.92. The lowest BCUT2D eigenvalue weighted by Crippen LogP contribution is -2.22.